The monoisotopic (exact) mass is 281 g/mol. The maximum Gasteiger partial charge on any atom is 0.341 e. The molecule has 0 aliphatic rings. The summed E-state index contributed by atoms with van der Waals surface area (Å²) in [6.07, 6.45) is 0.0959. The third-order valence-corrected chi connectivity index (χ3v) is 2.77. The van der Waals surface area contributed by atoms with E-state index in [9.17, 15) is 9.59 Å². The zero-order chi connectivity index (χ0) is 15.1. The molecule has 1 atom stereocenters. The SMILES string of the molecule is CCC(OC)C(=O)Nc1ccc(OCC(=O)O)cc1C. The van der Waals surface area contributed by atoms with Crippen molar-refractivity contribution in [1.82, 2.24) is 0 Å². The van der Waals surface area contributed by atoms with Crippen molar-refractivity contribution < 1.29 is 24.2 Å². The number of carbonyl (C=O) groups is 2. The number of carboxylic acid groups (broad SMARTS) is 1. The van der Waals surface area contributed by atoms with Crippen LogP contribution in [0.2, 0.25) is 0 Å². The summed E-state index contributed by atoms with van der Waals surface area (Å²) in [6, 6.07) is 4.96. The van der Waals surface area contributed by atoms with Crippen LogP contribution in [0.1, 0.15) is 18.9 Å². The van der Waals surface area contributed by atoms with E-state index in [1.807, 2.05) is 6.92 Å². The molecule has 0 heterocycles. The number of rotatable bonds is 7. The van der Waals surface area contributed by atoms with E-state index in [-0.39, 0.29) is 5.91 Å². The molecule has 1 aromatic rings. The van der Waals surface area contributed by atoms with Crippen LogP contribution in [0.25, 0.3) is 0 Å². The van der Waals surface area contributed by atoms with E-state index < -0.39 is 18.7 Å². The van der Waals surface area contributed by atoms with Crippen molar-refractivity contribution in [3.05, 3.63) is 23.8 Å². The van der Waals surface area contributed by atoms with Crippen molar-refractivity contribution >= 4 is 17.6 Å². The molecule has 0 saturated carbocycles. The molecule has 1 unspecified atom stereocenters. The van der Waals surface area contributed by atoms with Crippen LogP contribution in [0.15, 0.2) is 18.2 Å². The van der Waals surface area contributed by atoms with Crippen LogP contribution in [-0.2, 0) is 14.3 Å². The molecule has 0 bridgehead atoms. The predicted octanol–water partition coefficient (Wildman–Crippen LogP) is 1.82. The van der Waals surface area contributed by atoms with Crippen molar-refractivity contribution in [1.29, 1.82) is 0 Å². The summed E-state index contributed by atoms with van der Waals surface area (Å²) in [5, 5.41) is 11.3. The first-order chi connectivity index (χ1) is 9.47. The molecule has 6 nitrogen and oxygen atoms in total. The molecule has 1 amide bonds. The second-order valence-corrected chi connectivity index (χ2v) is 4.28. The fraction of sp³-hybridized carbons (Fsp3) is 0.429. The number of benzene rings is 1. The minimum Gasteiger partial charge on any atom is -0.482 e. The first-order valence-electron chi connectivity index (χ1n) is 6.26. The van der Waals surface area contributed by atoms with Crippen LogP contribution < -0.4 is 10.1 Å². The molecule has 0 fully saturated rings. The molecule has 0 radical (unpaired) electrons. The van der Waals surface area contributed by atoms with Crippen molar-refractivity contribution in [3.8, 4) is 5.75 Å². The normalized spacial score (nSPS) is 11.8. The van der Waals surface area contributed by atoms with E-state index in [0.717, 1.165) is 5.56 Å². The predicted molar refractivity (Wildman–Crippen MR) is 74.0 cm³/mol. The zero-order valence-corrected chi connectivity index (χ0v) is 11.8. The summed E-state index contributed by atoms with van der Waals surface area (Å²) in [4.78, 5) is 22.3. The minimum absolute atomic E-state index is 0.211. The summed E-state index contributed by atoms with van der Waals surface area (Å²) < 4.78 is 10.1. The number of amides is 1. The van der Waals surface area contributed by atoms with Crippen LogP contribution in [0, 0.1) is 6.92 Å². The molecule has 0 aliphatic heterocycles. The fourth-order valence-electron chi connectivity index (χ4n) is 1.68. The summed E-state index contributed by atoms with van der Waals surface area (Å²) >= 11 is 0. The van der Waals surface area contributed by atoms with Gasteiger partial charge >= 0.3 is 5.97 Å². The first kappa shape index (κ1) is 16.0. The van der Waals surface area contributed by atoms with Gasteiger partial charge in [-0.2, -0.15) is 0 Å². The summed E-state index contributed by atoms with van der Waals surface area (Å²) in [5.74, 6) is -0.801. The van der Waals surface area contributed by atoms with Crippen LogP contribution in [0.3, 0.4) is 0 Å². The smallest absolute Gasteiger partial charge is 0.341 e. The molecule has 0 aromatic heterocycles. The highest BCUT2D eigenvalue weighted by atomic mass is 16.5. The Morgan fingerprint density at radius 3 is 2.60 bits per heavy atom. The van der Waals surface area contributed by atoms with Gasteiger partial charge in [0.15, 0.2) is 6.61 Å². The highest BCUT2D eigenvalue weighted by Gasteiger charge is 2.16. The standard InChI is InChI=1S/C14H19NO5/c1-4-12(19-3)14(18)15-11-6-5-10(7-9(11)2)20-8-13(16)17/h5-7,12H,4,8H2,1-3H3,(H,15,18)(H,16,17). The number of ether oxygens (including phenoxy) is 2. The third kappa shape index (κ3) is 4.55. The van der Waals surface area contributed by atoms with E-state index >= 15 is 0 Å². The molecular weight excluding hydrogens is 262 g/mol. The van der Waals surface area contributed by atoms with Crippen molar-refractivity contribution in [2.75, 3.05) is 19.0 Å². The third-order valence-electron chi connectivity index (χ3n) is 2.77. The second kappa shape index (κ2) is 7.49. The lowest BCUT2D eigenvalue weighted by molar-refractivity contribution is -0.139. The molecule has 110 valence electrons. The van der Waals surface area contributed by atoms with Gasteiger partial charge < -0.3 is 19.9 Å². The maximum atomic E-state index is 11.9. The Balaban J connectivity index is 2.73. The first-order valence-corrected chi connectivity index (χ1v) is 6.26. The molecule has 0 spiro atoms. The number of carbonyl (C=O) groups excluding carboxylic acids is 1. The van der Waals surface area contributed by atoms with Gasteiger partial charge in [0, 0.05) is 12.8 Å². The van der Waals surface area contributed by atoms with Crippen molar-refractivity contribution in [2.45, 2.75) is 26.4 Å². The number of hydrogen-bond acceptors (Lipinski definition) is 4. The number of nitrogens with one attached hydrogen (secondary N) is 1. The maximum absolute atomic E-state index is 11.9. The van der Waals surface area contributed by atoms with Gasteiger partial charge in [0.25, 0.3) is 5.91 Å². The molecular formula is C14H19NO5. The van der Waals surface area contributed by atoms with E-state index in [2.05, 4.69) is 5.32 Å². The largest absolute Gasteiger partial charge is 0.482 e. The van der Waals surface area contributed by atoms with Crippen LogP contribution in [0.5, 0.6) is 5.75 Å². The van der Waals surface area contributed by atoms with Crippen LogP contribution >= 0.6 is 0 Å². The lowest BCUT2D eigenvalue weighted by Gasteiger charge is -2.15. The molecule has 1 rings (SSSR count). The van der Waals surface area contributed by atoms with E-state index in [1.54, 1.807) is 25.1 Å². The molecule has 1 aromatic carbocycles. The average Bonchev–Trinajstić information content (AvgIpc) is 2.40. The van der Waals surface area contributed by atoms with Crippen molar-refractivity contribution in [2.24, 2.45) is 0 Å². The van der Waals surface area contributed by atoms with E-state index in [1.165, 1.54) is 7.11 Å². The van der Waals surface area contributed by atoms with Crippen LogP contribution in [0.4, 0.5) is 5.69 Å². The summed E-state index contributed by atoms with van der Waals surface area (Å²) in [7, 11) is 1.49. The zero-order valence-electron chi connectivity index (χ0n) is 11.8. The second-order valence-electron chi connectivity index (χ2n) is 4.28. The highest BCUT2D eigenvalue weighted by Crippen LogP contribution is 2.21. The number of hydrogen-bond donors (Lipinski definition) is 2. The van der Waals surface area contributed by atoms with Gasteiger partial charge in [-0.1, -0.05) is 6.92 Å². The van der Waals surface area contributed by atoms with E-state index in [4.69, 9.17) is 14.6 Å². The number of aliphatic carboxylic acids is 1. The molecule has 20 heavy (non-hydrogen) atoms. The topological polar surface area (TPSA) is 84.9 Å². The molecule has 6 heteroatoms. The van der Waals surface area contributed by atoms with Gasteiger partial charge in [-0.05, 0) is 37.1 Å². The number of carboxylic acids is 1. The lowest BCUT2D eigenvalue weighted by Crippen LogP contribution is -2.29. The van der Waals surface area contributed by atoms with Gasteiger partial charge in [-0.25, -0.2) is 4.79 Å². The number of methoxy groups -OCH3 is 1. The Morgan fingerprint density at radius 1 is 1.40 bits per heavy atom. The fourth-order valence-corrected chi connectivity index (χ4v) is 1.68. The number of aryl methyl sites for hydroxylation is 1. The van der Waals surface area contributed by atoms with Crippen molar-refractivity contribution in [3.63, 3.8) is 0 Å². The Morgan fingerprint density at radius 2 is 2.10 bits per heavy atom. The summed E-state index contributed by atoms with van der Waals surface area (Å²) in [5.41, 5.74) is 1.43. The Bertz CT molecular complexity index is 482. The molecule has 0 aliphatic carbocycles. The van der Waals surface area contributed by atoms with Gasteiger partial charge in [0.05, 0.1) is 0 Å². The van der Waals surface area contributed by atoms with Gasteiger partial charge in [0.2, 0.25) is 0 Å². The van der Waals surface area contributed by atoms with Crippen LogP contribution in [-0.4, -0.2) is 36.8 Å². The Labute approximate surface area is 117 Å². The average molecular weight is 281 g/mol. The minimum atomic E-state index is -1.04. The lowest BCUT2D eigenvalue weighted by atomic mass is 10.1. The Hall–Kier alpha value is -2.08. The Kier molecular flexibility index (Phi) is 5.99. The van der Waals surface area contributed by atoms with E-state index in [0.29, 0.717) is 17.9 Å². The molecule has 2 N–H and O–H groups in total. The summed E-state index contributed by atoms with van der Waals surface area (Å²) in [6.45, 7) is 3.27. The van der Waals surface area contributed by atoms with Gasteiger partial charge in [0.1, 0.15) is 11.9 Å². The van der Waals surface area contributed by atoms with Gasteiger partial charge in [-0.15, -0.1) is 0 Å². The number of anilines is 1. The quantitative estimate of drug-likeness (QED) is 0.796. The molecule has 0 saturated heterocycles. The highest BCUT2D eigenvalue weighted by molar-refractivity contribution is 5.94. The van der Waals surface area contributed by atoms with Gasteiger partial charge in [-0.3, -0.25) is 4.79 Å².